The Bertz CT molecular complexity index is 415. The molecule has 100 valence electrons. The van der Waals surface area contributed by atoms with E-state index in [0.29, 0.717) is 23.7 Å². The summed E-state index contributed by atoms with van der Waals surface area (Å²) in [6.45, 7) is 6.58. The lowest BCUT2D eigenvalue weighted by atomic mass is 9.93. The van der Waals surface area contributed by atoms with Crippen LogP contribution in [0.3, 0.4) is 0 Å². The predicted molar refractivity (Wildman–Crippen MR) is 69.1 cm³/mol. The smallest absolute Gasteiger partial charge is 0.164 e. The molecule has 0 amide bonds. The molecule has 3 rings (SSSR count). The molecule has 2 fully saturated rings. The van der Waals surface area contributed by atoms with E-state index < -0.39 is 0 Å². The monoisotopic (exact) mass is 251 g/mol. The maximum Gasteiger partial charge on any atom is 0.164 e. The van der Waals surface area contributed by atoms with Crippen molar-refractivity contribution in [2.75, 3.05) is 13.1 Å². The third kappa shape index (κ3) is 2.30. The summed E-state index contributed by atoms with van der Waals surface area (Å²) in [6.07, 6.45) is 5.99. The van der Waals surface area contributed by atoms with Crippen LogP contribution in [0, 0.1) is 5.82 Å². The number of nitrogens with zero attached hydrogens (tertiary/aromatic N) is 3. The van der Waals surface area contributed by atoms with Crippen LogP contribution < -0.4 is 0 Å². The van der Waals surface area contributed by atoms with Gasteiger partial charge in [-0.25, -0.2) is 4.39 Å². The molecule has 1 aromatic rings. The van der Waals surface area contributed by atoms with Crippen LogP contribution in [0.15, 0.2) is 6.20 Å². The molecule has 0 aromatic carbocycles. The van der Waals surface area contributed by atoms with E-state index in [1.807, 2.05) is 4.68 Å². The van der Waals surface area contributed by atoms with Gasteiger partial charge in [0.2, 0.25) is 0 Å². The number of likely N-dealkylation sites (tertiary alicyclic amines) is 1. The quantitative estimate of drug-likeness (QED) is 0.823. The van der Waals surface area contributed by atoms with E-state index in [4.69, 9.17) is 0 Å². The molecule has 1 aliphatic heterocycles. The van der Waals surface area contributed by atoms with E-state index in [-0.39, 0.29) is 5.82 Å². The van der Waals surface area contributed by atoms with E-state index in [1.54, 1.807) is 6.20 Å². The largest absolute Gasteiger partial charge is 0.301 e. The standard InChI is InChI=1S/C14H22FN3/c1-10(2)17-7-5-11(6-8-17)14-13(15)9-18(16-14)12-3-4-12/h9-12H,3-8H2,1-2H3. The lowest BCUT2D eigenvalue weighted by molar-refractivity contribution is 0.169. The Morgan fingerprint density at radius 2 is 1.89 bits per heavy atom. The Hall–Kier alpha value is -0.900. The highest BCUT2D eigenvalue weighted by molar-refractivity contribution is 5.12. The third-order valence-corrected chi connectivity index (χ3v) is 4.28. The Morgan fingerprint density at radius 1 is 1.22 bits per heavy atom. The summed E-state index contributed by atoms with van der Waals surface area (Å²) in [5.41, 5.74) is 0.713. The van der Waals surface area contributed by atoms with Gasteiger partial charge in [0.15, 0.2) is 5.82 Å². The molecule has 2 heterocycles. The second kappa shape index (κ2) is 4.65. The molecule has 1 saturated heterocycles. The molecule has 1 aliphatic carbocycles. The maximum absolute atomic E-state index is 13.9. The lowest BCUT2D eigenvalue weighted by Crippen LogP contribution is -2.38. The number of hydrogen-bond acceptors (Lipinski definition) is 2. The van der Waals surface area contributed by atoms with Crippen molar-refractivity contribution in [2.45, 2.75) is 57.5 Å². The number of aromatic nitrogens is 2. The summed E-state index contributed by atoms with van der Waals surface area (Å²) in [4.78, 5) is 2.46. The summed E-state index contributed by atoms with van der Waals surface area (Å²) < 4.78 is 15.8. The van der Waals surface area contributed by atoms with Gasteiger partial charge in [0.25, 0.3) is 0 Å². The summed E-state index contributed by atoms with van der Waals surface area (Å²) in [5.74, 6) is 0.227. The van der Waals surface area contributed by atoms with Crippen molar-refractivity contribution >= 4 is 0 Å². The molecular formula is C14H22FN3. The molecule has 1 saturated carbocycles. The van der Waals surface area contributed by atoms with Crippen molar-refractivity contribution in [3.63, 3.8) is 0 Å². The third-order valence-electron chi connectivity index (χ3n) is 4.28. The second-order valence-electron chi connectivity index (χ2n) is 5.98. The zero-order valence-electron chi connectivity index (χ0n) is 11.3. The molecule has 0 unspecified atom stereocenters. The second-order valence-corrected chi connectivity index (χ2v) is 5.98. The predicted octanol–water partition coefficient (Wildman–Crippen LogP) is 2.94. The van der Waals surface area contributed by atoms with E-state index in [2.05, 4.69) is 23.8 Å². The lowest BCUT2D eigenvalue weighted by Gasteiger charge is -2.33. The average Bonchev–Trinajstić information content (AvgIpc) is 3.13. The van der Waals surface area contributed by atoms with Gasteiger partial charge < -0.3 is 4.90 Å². The van der Waals surface area contributed by atoms with Gasteiger partial charge >= 0.3 is 0 Å². The van der Waals surface area contributed by atoms with Gasteiger partial charge in [-0.3, -0.25) is 4.68 Å². The molecule has 0 spiro atoms. The number of rotatable bonds is 3. The zero-order valence-corrected chi connectivity index (χ0v) is 11.3. The molecule has 3 nitrogen and oxygen atoms in total. The van der Waals surface area contributed by atoms with Gasteiger partial charge in [-0.15, -0.1) is 0 Å². The molecule has 0 atom stereocenters. The maximum atomic E-state index is 13.9. The van der Waals surface area contributed by atoms with Crippen molar-refractivity contribution in [3.8, 4) is 0 Å². The first kappa shape index (κ1) is 12.2. The normalized spacial score (nSPS) is 22.9. The summed E-state index contributed by atoms with van der Waals surface area (Å²) >= 11 is 0. The first-order chi connectivity index (χ1) is 8.65. The first-order valence-corrected chi connectivity index (χ1v) is 7.13. The molecule has 18 heavy (non-hydrogen) atoms. The highest BCUT2D eigenvalue weighted by atomic mass is 19.1. The van der Waals surface area contributed by atoms with Crippen LogP contribution in [0.2, 0.25) is 0 Å². The van der Waals surface area contributed by atoms with E-state index >= 15 is 0 Å². The molecule has 2 aliphatic rings. The van der Waals surface area contributed by atoms with E-state index in [9.17, 15) is 4.39 Å². The average molecular weight is 251 g/mol. The SMILES string of the molecule is CC(C)N1CCC(c2nn(C3CC3)cc2F)CC1. The van der Waals surface area contributed by atoms with E-state index in [0.717, 1.165) is 38.8 Å². The molecule has 4 heteroatoms. The fraction of sp³-hybridized carbons (Fsp3) is 0.786. The van der Waals surface area contributed by atoms with Gasteiger partial charge in [-0.05, 0) is 52.6 Å². The summed E-state index contributed by atoms with van der Waals surface area (Å²) in [6, 6.07) is 1.07. The van der Waals surface area contributed by atoms with Crippen molar-refractivity contribution in [1.29, 1.82) is 0 Å². The van der Waals surface area contributed by atoms with Crippen LogP contribution in [0.4, 0.5) is 4.39 Å². The fourth-order valence-electron chi connectivity index (χ4n) is 2.88. The Kier molecular flexibility index (Phi) is 3.14. The summed E-state index contributed by atoms with van der Waals surface area (Å²) in [7, 11) is 0. The van der Waals surface area contributed by atoms with Crippen LogP contribution in [-0.4, -0.2) is 33.8 Å². The highest BCUT2D eigenvalue weighted by Crippen LogP contribution is 2.36. The minimum atomic E-state index is -0.0927. The van der Waals surface area contributed by atoms with Crippen LogP contribution in [0.1, 0.15) is 57.2 Å². The number of piperidine rings is 1. The Morgan fingerprint density at radius 3 is 2.44 bits per heavy atom. The Balaban J connectivity index is 1.68. The number of halogens is 1. The van der Waals surface area contributed by atoms with Crippen molar-refractivity contribution < 1.29 is 4.39 Å². The minimum absolute atomic E-state index is 0.0927. The molecule has 1 aromatic heterocycles. The molecule has 0 N–H and O–H groups in total. The topological polar surface area (TPSA) is 21.1 Å². The van der Waals surface area contributed by atoms with Gasteiger partial charge in [0.1, 0.15) is 5.69 Å². The Labute approximate surface area is 108 Å². The molecular weight excluding hydrogens is 229 g/mol. The van der Waals surface area contributed by atoms with Gasteiger partial charge in [-0.2, -0.15) is 5.10 Å². The van der Waals surface area contributed by atoms with Crippen molar-refractivity contribution in [2.24, 2.45) is 0 Å². The van der Waals surface area contributed by atoms with Crippen LogP contribution in [0.25, 0.3) is 0 Å². The van der Waals surface area contributed by atoms with E-state index in [1.165, 1.54) is 0 Å². The van der Waals surface area contributed by atoms with Crippen LogP contribution in [0.5, 0.6) is 0 Å². The van der Waals surface area contributed by atoms with Gasteiger partial charge in [0.05, 0.1) is 12.2 Å². The van der Waals surface area contributed by atoms with Crippen molar-refractivity contribution in [3.05, 3.63) is 17.7 Å². The van der Waals surface area contributed by atoms with Crippen LogP contribution >= 0.6 is 0 Å². The fourth-order valence-corrected chi connectivity index (χ4v) is 2.88. The first-order valence-electron chi connectivity index (χ1n) is 7.13. The summed E-state index contributed by atoms with van der Waals surface area (Å²) in [5, 5.41) is 4.49. The van der Waals surface area contributed by atoms with Gasteiger partial charge in [0, 0.05) is 12.0 Å². The number of hydrogen-bond donors (Lipinski definition) is 0. The molecule has 0 bridgehead atoms. The van der Waals surface area contributed by atoms with Crippen molar-refractivity contribution in [1.82, 2.24) is 14.7 Å². The molecule has 0 radical (unpaired) electrons. The van der Waals surface area contributed by atoms with Crippen LogP contribution in [-0.2, 0) is 0 Å². The van der Waals surface area contributed by atoms with Gasteiger partial charge in [-0.1, -0.05) is 0 Å². The minimum Gasteiger partial charge on any atom is -0.301 e. The zero-order chi connectivity index (χ0) is 12.7. The highest BCUT2D eigenvalue weighted by Gasteiger charge is 2.30.